The molecule has 0 aromatic carbocycles. The topological polar surface area (TPSA) is 62.3 Å². The molecule has 22 heavy (non-hydrogen) atoms. The van der Waals surface area contributed by atoms with E-state index in [4.69, 9.17) is 0 Å². The first-order chi connectivity index (χ1) is 10.7. The lowest BCUT2D eigenvalue weighted by atomic mass is 10.0. The maximum absolute atomic E-state index is 12.3. The Morgan fingerprint density at radius 2 is 2.09 bits per heavy atom. The summed E-state index contributed by atoms with van der Waals surface area (Å²) >= 11 is 0. The van der Waals surface area contributed by atoms with Gasteiger partial charge < -0.3 is 10.2 Å². The highest BCUT2D eigenvalue weighted by Gasteiger charge is 2.58. The van der Waals surface area contributed by atoms with Crippen LogP contribution in [-0.4, -0.2) is 23.3 Å². The first-order valence-corrected chi connectivity index (χ1v) is 8.25. The zero-order valence-electron chi connectivity index (χ0n) is 12.7. The molecule has 0 bridgehead atoms. The average Bonchev–Trinajstić information content (AvgIpc) is 2.83. The van der Waals surface area contributed by atoms with Crippen LogP contribution in [0.25, 0.3) is 0 Å². The van der Waals surface area contributed by atoms with Crippen molar-refractivity contribution in [1.29, 1.82) is 0 Å². The number of carbonyl (C=O) groups excluding carboxylic acids is 2. The summed E-state index contributed by atoms with van der Waals surface area (Å²) in [5, 5.41) is 2.93. The van der Waals surface area contributed by atoms with Gasteiger partial charge in [0.05, 0.1) is 11.9 Å². The molecule has 2 saturated carbocycles. The number of hydrogen-bond donors (Lipinski definition) is 1. The van der Waals surface area contributed by atoms with Crippen molar-refractivity contribution in [3.05, 3.63) is 18.3 Å². The first-order valence-electron chi connectivity index (χ1n) is 8.25. The summed E-state index contributed by atoms with van der Waals surface area (Å²) in [6, 6.07) is 3.66. The van der Waals surface area contributed by atoms with Gasteiger partial charge in [0.2, 0.25) is 11.8 Å². The zero-order valence-corrected chi connectivity index (χ0v) is 12.7. The number of anilines is 2. The van der Waals surface area contributed by atoms with Crippen LogP contribution in [0.15, 0.2) is 18.3 Å². The maximum Gasteiger partial charge on any atom is 0.229 e. The summed E-state index contributed by atoms with van der Waals surface area (Å²) in [5.74, 6) is 1.02. The van der Waals surface area contributed by atoms with Gasteiger partial charge in [0.15, 0.2) is 0 Å². The van der Waals surface area contributed by atoms with Crippen molar-refractivity contribution in [3.63, 3.8) is 0 Å². The number of carbonyl (C=O) groups is 2. The summed E-state index contributed by atoms with van der Waals surface area (Å²) < 4.78 is 0. The Labute approximate surface area is 130 Å². The Kier molecular flexibility index (Phi) is 3.17. The molecule has 2 aliphatic carbocycles. The second kappa shape index (κ2) is 5.07. The van der Waals surface area contributed by atoms with Gasteiger partial charge in [0, 0.05) is 18.9 Å². The van der Waals surface area contributed by atoms with E-state index in [-0.39, 0.29) is 17.7 Å². The molecule has 1 N–H and O–H groups in total. The molecule has 1 aliphatic heterocycles. The quantitative estimate of drug-likeness (QED) is 0.933. The Morgan fingerprint density at radius 3 is 2.73 bits per heavy atom. The second-order valence-electron chi connectivity index (χ2n) is 6.87. The van der Waals surface area contributed by atoms with E-state index in [0.717, 1.165) is 25.1 Å². The summed E-state index contributed by atoms with van der Waals surface area (Å²) in [6.07, 6.45) is 9.17. The molecule has 2 heterocycles. The summed E-state index contributed by atoms with van der Waals surface area (Å²) in [6.45, 7) is 0.761. The lowest BCUT2D eigenvalue weighted by Crippen LogP contribution is -2.24. The normalized spacial score (nSPS) is 25.7. The highest BCUT2D eigenvalue weighted by atomic mass is 16.2. The number of amides is 2. The average molecular weight is 299 g/mol. The predicted molar refractivity (Wildman–Crippen MR) is 83.5 cm³/mol. The van der Waals surface area contributed by atoms with E-state index in [1.807, 2.05) is 6.07 Å². The number of pyridine rings is 1. The van der Waals surface area contributed by atoms with E-state index in [9.17, 15) is 9.59 Å². The highest BCUT2D eigenvalue weighted by Crippen LogP contribution is 2.63. The molecule has 4 rings (SSSR count). The van der Waals surface area contributed by atoms with Crippen LogP contribution in [-0.2, 0) is 9.59 Å². The van der Waals surface area contributed by atoms with Crippen molar-refractivity contribution in [2.45, 2.75) is 44.9 Å². The van der Waals surface area contributed by atoms with Gasteiger partial charge in [-0.3, -0.25) is 9.59 Å². The van der Waals surface area contributed by atoms with E-state index in [1.54, 1.807) is 17.2 Å². The minimum atomic E-state index is 0.111. The molecule has 5 heteroatoms. The van der Waals surface area contributed by atoms with Crippen molar-refractivity contribution >= 4 is 23.3 Å². The number of nitrogens with zero attached hydrogens (tertiary/aromatic N) is 2. The smallest absolute Gasteiger partial charge is 0.229 e. The van der Waals surface area contributed by atoms with Crippen LogP contribution in [0.5, 0.6) is 0 Å². The Hall–Kier alpha value is -1.91. The van der Waals surface area contributed by atoms with Crippen molar-refractivity contribution < 1.29 is 9.59 Å². The van der Waals surface area contributed by atoms with E-state index >= 15 is 0 Å². The number of rotatable bonds is 3. The first kappa shape index (κ1) is 13.7. The van der Waals surface area contributed by atoms with Gasteiger partial charge in [0.25, 0.3) is 0 Å². The van der Waals surface area contributed by atoms with Crippen molar-refractivity contribution in [2.24, 2.45) is 11.3 Å². The fraction of sp³-hybridized carbons (Fsp3) is 0.588. The minimum absolute atomic E-state index is 0.111. The predicted octanol–water partition coefficient (Wildman–Crippen LogP) is 2.73. The Balaban J connectivity index is 1.39. The maximum atomic E-state index is 12.3. The largest absolute Gasteiger partial charge is 0.311 e. The lowest BCUT2D eigenvalue weighted by Gasteiger charge is -2.15. The van der Waals surface area contributed by atoms with Gasteiger partial charge in [0.1, 0.15) is 5.82 Å². The van der Waals surface area contributed by atoms with Gasteiger partial charge in [-0.15, -0.1) is 0 Å². The van der Waals surface area contributed by atoms with E-state index < -0.39 is 0 Å². The molecule has 3 aliphatic rings. The Bertz CT molecular complexity index is 605. The van der Waals surface area contributed by atoms with Gasteiger partial charge in [-0.25, -0.2) is 4.98 Å². The van der Waals surface area contributed by atoms with Crippen LogP contribution in [0.3, 0.4) is 0 Å². The Morgan fingerprint density at radius 1 is 1.27 bits per heavy atom. The molecular weight excluding hydrogens is 278 g/mol. The summed E-state index contributed by atoms with van der Waals surface area (Å²) in [5.41, 5.74) is 1.13. The molecule has 2 amide bonds. The molecular formula is C17H21N3O2. The molecule has 3 fully saturated rings. The standard InChI is InChI=1S/C17H21N3O2/c21-15-4-3-9-20(15)12-5-6-14(18-11-12)19-16(22)13-10-17(13)7-1-2-8-17/h5-6,11,13H,1-4,7-10H2,(H,18,19,22). The van der Waals surface area contributed by atoms with Gasteiger partial charge in [-0.2, -0.15) is 0 Å². The van der Waals surface area contributed by atoms with Gasteiger partial charge >= 0.3 is 0 Å². The van der Waals surface area contributed by atoms with Crippen LogP contribution < -0.4 is 10.2 Å². The number of aromatic nitrogens is 1. The SMILES string of the molecule is O=C(Nc1ccc(N2CCCC2=O)cn1)C1CC12CCCC2. The van der Waals surface area contributed by atoms with Gasteiger partial charge in [-0.05, 0) is 43.2 Å². The molecule has 1 aromatic rings. The molecule has 0 radical (unpaired) electrons. The highest BCUT2D eigenvalue weighted by molar-refractivity contribution is 5.96. The summed E-state index contributed by atoms with van der Waals surface area (Å²) in [4.78, 5) is 30.1. The van der Waals surface area contributed by atoms with Crippen molar-refractivity contribution in [1.82, 2.24) is 4.98 Å². The van der Waals surface area contributed by atoms with Crippen molar-refractivity contribution in [3.8, 4) is 0 Å². The fourth-order valence-electron chi connectivity index (χ4n) is 4.10. The second-order valence-corrected chi connectivity index (χ2v) is 6.87. The molecule has 1 atom stereocenters. The van der Waals surface area contributed by atoms with Crippen LogP contribution in [0.4, 0.5) is 11.5 Å². The van der Waals surface area contributed by atoms with Crippen LogP contribution >= 0.6 is 0 Å². The van der Waals surface area contributed by atoms with E-state index in [0.29, 0.717) is 17.7 Å². The third kappa shape index (κ3) is 2.28. The molecule has 5 nitrogen and oxygen atoms in total. The van der Waals surface area contributed by atoms with Crippen LogP contribution in [0, 0.1) is 11.3 Å². The monoisotopic (exact) mass is 299 g/mol. The molecule has 1 aromatic heterocycles. The van der Waals surface area contributed by atoms with Gasteiger partial charge in [-0.1, -0.05) is 12.8 Å². The van der Waals surface area contributed by atoms with Crippen LogP contribution in [0.2, 0.25) is 0 Å². The molecule has 1 unspecified atom stereocenters. The zero-order chi connectivity index (χ0) is 15.2. The molecule has 116 valence electrons. The fourth-order valence-corrected chi connectivity index (χ4v) is 4.10. The van der Waals surface area contributed by atoms with E-state index in [1.165, 1.54) is 25.7 Å². The number of nitrogens with one attached hydrogen (secondary N) is 1. The third-order valence-electron chi connectivity index (χ3n) is 5.49. The van der Waals surface area contributed by atoms with Crippen molar-refractivity contribution in [2.75, 3.05) is 16.8 Å². The lowest BCUT2D eigenvalue weighted by molar-refractivity contribution is -0.118. The third-order valence-corrected chi connectivity index (χ3v) is 5.49. The minimum Gasteiger partial charge on any atom is -0.311 e. The summed E-state index contributed by atoms with van der Waals surface area (Å²) in [7, 11) is 0. The number of hydrogen-bond acceptors (Lipinski definition) is 3. The van der Waals surface area contributed by atoms with Crippen LogP contribution in [0.1, 0.15) is 44.9 Å². The molecule has 1 spiro atoms. The molecule has 1 saturated heterocycles. The van der Waals surface area contributed by atoms with E-state index in [2.05, 4.69) is 10.3 Å².